The van der Waals surface area contributed by atoms with Crippen LogP contribution < -0.4 is 14.8 Å². The summed E-state index contributed by atoms with van der Waals surface area (Å²) in [6.45, 7) is 0.513. The smallest absolute Gasteiger partial charge is 0.394 e. The fourth-order valence-electron chi connectivity index (χ4n) is 3.94. The second-order valence-corrected chi connectivity index (χ2v) is 9.03. The average molecular weight is 504 g/mol. The van der Waals surface area contributed by atoms with Crippen LogP contribution in [0.1, 0.15) is 24.0 Å². The van der Waals surface area contributed by atoms with Crippen molar-refractivity contribution in [3.63, 3.8) is 0 Å². The molecule has 9 nitrogen and oxygen atoms in total. The topological polar surface area (TPSA) is 146 Å². The maximum Gasteiger partial charge on any atom is 0.394 e. The first-order valence-electron chi connectivity index (χ1n) is 10.7. The van der Waals surface area contributed by atoms with Crippen LogP contribution in [0.2, 0.25) is 0 Å². The molecule has 34 heavy (non-hydrogen) atoms. The summed E-state index contributed by atoms with van der Waals surface area (Å²) in [6, 6.07) is 8.79. The highest BCUT2D eigenvalue weighted by Gasteiger charge is 2.29. The summed E-state index contributed by atoms with van der Waals surface area (Å²) in [5.74, 6) is 0.624. The van der Waals surface area contributed by atoms with Crippen LogP contribution in [0.3, 0.4) is 0 Å². The second-order valence-electron chi connectivity index (χ2n) is 8.13. The lowest BCUT2D eigenvalue weighted by Gasteiger charge is -2.31. The predicted octanol–water partition coefficient (Wildman–Crippen LogP) is 1.71. The van der Waals surface area contributed by atoms with E-state index in [1.54, 1.807) is 12.1 Å². The third kappa shape index (κ3) is 7.86. The molecule has 2 aromatic rings. The van der Waals surface area contributed by atoms with Crippen LogP contribution in [0.25, 0.3) is 0 Å². The maximum atomic E-state index is 13.3. The number of hydrogen-bond donors (Lipinski definition) is 5. The van der Waals surface area contributed by atoms with E-state index in [2.05, 4.69) is 5.32 Å². The zero-order valence-corrected chi connectivity index (χ0v) is 18.9. The summed E-state index contributed by atoms with van der Waals surface area (Å²) in [4.78, 5) is 0. The third-order valence-electron chi connectivity index (χ3n) is 5.56. The molecule has 0 aromatic heterocycles. The number of aryl methyl sites for hydroxylation is 2. The molecule has 4 unspecified atom stereocenters. The van der Waals surface area contributed by atoms with Crippen molar-refractivity contribution < 1.29 is 46.0 Å². The summed E-state index contributed by atoms with van der Waals surface area (Å²) >= 11 is 0. The van der Waals surface area contributed by atoms with Gasteiger partial charge in [0.05, 0.1) is 0 Å². The molecule has 2 heterocycles. The van der Waals surface area contributed by atoms with Crippen LogP contribution in [-0.4, -0.2) is 65.2 Å². The molecule has 0 fully saturated rings. The van der Waals surface area contributed by atoms with Gasteiger partial charge in [-0.3, -0.25) is 9.11 Å². The van der Waals surface area contributed by atoms with Gasteiger partial charge < -0.3 is 25.0 Å². The first kappa shape index (κ1) is 26.3. The number of fused-ring (bicyclic) bond motifs is 2. The van der Waals surface area contributed by atoms with Crippen molar-refractivity contribution in [2.24, 2.45) is 0 Å². The summed E-state index contributed by atoms with van der Waals surface area (Å²) in [6.07, 6.45) is 0.214. The molecule has 5 N–H and O–H groups in total. The van der Waals surface area contributed by atoms with Crippen molar-refractivity contribution in [2.45, 2.75) is 50.1 Å². The van der Waals surface area contributed by atoms with Gasteiger partial charge in [-0.15, -0.1) is 0 Å². The van der Waals surface area contributed by atoms with Crippen molar-refractivity contribution in [3.8, 4) is 11.5 Å². The van der Waals surface area contributed by atoms with Crippen LogP contribution >= 0.6 is 0 Å². The number of aliphatic hydroxyl groups excluding tert-OH is 2. The number of nitrogens with one attached hydrogen (secondary N) is 1. The fourth-order valence-corrected chi connectivity index (χ4v) is 3.94. The number of aliphatic hydroxyl groups is 2. The molecule has 0 radical (unpaired) electrons. The van der Waals surface area contributed by atoms with E-state index in [1.165, 1.54) is 24.3 Å². The molecule has 4 atom stereocenters. The molecule has 188 valence electrons. The quantitative estimate of drug-likeness (QED) is 0.372. The maximum absolute atomic E-state index is 13.3. The highest BCUT2D eigenvalue weighted by molar-refractivity contribution is 7.79. The third-order valence-corrected chi connectivity index (χ3v) is 5.56. The summed E-state index contributed by atoms with van der Waals surface area (Å²) < 4.78 is 69.7. The largest absolute Gasteiger partial charge is 0.487 e. The van der Waals surface area contributed by atoms with Crippen LogP contribution in [0.4, 0.5) is 8.78 Å². The fraction of sp³-hybridized carbons (Fsp3) is 0.455. The highest BCUT2D eigenvalue weighted by Crippen LogP contribution is 2.30. The molecule has 0 amide bonds. The molecule has 0 saturated heterocycles. The molecule has 0 bridgehead atoms. The van der Waals surface area contributed by atoms with Gasteiger partial charge in [0.2, 0.25) is 0 Å². The summed E-state index contributed by atoms with van der Waals surface area (Å²) in [5.41, 5.74) is 1.62. The highest BCUT2D eigenvalue weighted by atomic mass is 32.3. The van der Waals surface area contributed by atoms with E-state index >= 15 is 0 Å². The Morgan fingerprint density at radius 1 is 0.853 bits per heavy atom. The van der Waals surface area contributed by atoms with Gasteiger partial charge in [-0.1, -0.05) is 0 Å². The van der Waals surface area contributed by atoms with Gasteiger partial charge in [-0.25, -0.2) is 8.78 Å². The van der Waals surface area contributed by atoms with Gasteiger partial charge in [0.25, 0.3) is 0 Å². The minimum Gasteiger partial charge on any atom is -0.487 e. The number of hydrogen-bond acceptors (Lipinski definition) is 7. The van der Waals surface area contributed by atoms with E-state index in [-0.39, 0.29) is 36.9 Å². The molecule has 0 aliphatic carbocycles. The number of halogens is 2. The van der Waals surface area contributed by atoms with E-state index < -0.39 is 22.6 Å². The van der Waals surface area contributed by atoms with Crippen molar-refractivity contribution in [2.75, 3.05) is 13.1 Å². The van der Waals surface area contributed by atoms with Gasteiger partial charge in [0, 0.05) is 13.1 Å². The first-order chi connectivity index (χ1) is 16.0. The Bertz CT molecular complexity index is 1010. The number of benzene rings is 2. The van der Waals surface area contributed by atoms with E-state index in [9.17, 15) is 19.0 Å². The minimum absolute atomic E-state index is 0.257. The normalized spacial score (nSPS) is 21.0. The molecular weight excluding hydrogens is 476 g/mol. The lowest BCUT2D eigenvalue weighted by Crippen LogP contribution is -2.46. The Labute approximate surface area is 195 Å². The number of rotatable bonds is 6. The minimum atomic E-state index is -4.67. The van der Waals surface area contributed by atoms with Crippen molar-refractivity contribution in [1.82, 2.24) is 5.32 Å². The van der Waals surface area contributed by atoms with Crippen LogP contribution in [0, 0.1) is 11.6 Å². The molecule has 2 aliphatic rings. The Balaban J connectivity index is 0.000000588. The average Bonchev–Trinajstić information content (AvgIpc) is 2.77. The van der Waals surface area contributed by atoms with Gasteiger partial charge in [0.1, 0.15) is 47.5 Å². The second kappa shape index (κ2) is 11.4. The first-order valence-corrected chi connectivity index (χ1v) is 12.1. The molecule has 0 spiro atoms. The lowest BCUT2D eigenvalue weighted by atomic mass is 9.98. The molecule has 4 rings (SSSR count). The van der Waals surface area contributed by atoms with Gasteiger partial charge >= 0.3 is 10.4 Å². The predicted molar refractivity (Wildman–Crippen MR) is 117 cm³/mol. The van der Waals surface area contributed by atoms with Crippen molar-refractivity contribution >= 4 is 10.4 Å². The molecule has 0 saturated carbocycles. The Morgan fingerprint density at radius 2 is 1.24 bits per heavy atom. The van der Waals surface area contributed by atoms with E-state index in [4.69, 9.17) is 27.0 Å². The van der Waals surface area contributed by atoms with Crippen molar-refractivity contribution in [1.29, 1.82) is 0 Å². The van der Waals surface area contributed by atoms with Crippen LogP contribution in [0.5, 0.6) is 11.5 Å². The summed E-state index contributed by atoms with van der Waals surface area (Å²) in [5, 5.41) is 23.9. The summed E-state index contributed by atoms with van der Waals surface area (Å²) in [7, 11) is -4.67. The Hall–Kier alpha value is -2.35. The van der Waals surface area contributed by atoms with Gasteiger partial charge in [-0.2, -0.15) is 8.42 Å². The van der Waals surface area contributed by atoms with Crippen molar-refractivity contribution in [3.05, 3.63) is 59.2 Å². The number of ether oxygens (including phenoxy) is 2. The molecule has 2 aliphatic heterocycles. The SMILES string of the molecule is O=S(=O)(O)O.OC(CNCC(O)C1CCc2cc(F)ccc2O1)C1CCc2cc(F)ccc2O1. The Morgan fingerprint density at radius 3 is 1.62 bits per heavy atom. The Kier molecular flexibility index (Phi) is 8.79. The van der Waals surface area contributed by atoms with Crippen LogP contribution in [0.15, 0.2) is 36.4 Å². The van der Waals surface area contributed by atoms with Crippen LogP contribution in [-0.2, 0) is 23.2 Å². The van der Waals surface area contributed by atoms with Gasteiger partial charge in [-0.05, 0) is 73.2 Å². The zero-order chi connectivity index (χ0) is 24.9. The molecule has 12 heteroatoms. The zero-order valence-electron chi connectivity index (χ0n) is 18.1. The van der Waals surface area contributed by atoms with E-state index in [0.29, 0.717) is 37.2 Å². The van der Waals surface area contributed by atoms with E-state index in [1.807, 2.05) is 0 Å². The molecule has 2 aromatic carbocycles. The molecular formula is C22H27F2NO8S. The van der Waals surface area contributed by atoms with E-state index in [0.717, 1.165) is 11.1 Å². The van der Waals surface area contributed by atoms with Gasteiger partial charge in [0.15, 0.2) is 0 Å². The monoisotopic (exact) mass is 503 g/mol. The standard InChI is InChI=1S/C22H25F2NO4.H2O4S/c23-15-3-7-19-13(9-15)1-5-21(28-19)17(26)11-25-12-18(27)22-6-2-14-10-16(24)4-8-20(14)29-22;1-5(2,3)4/h3-4,7-10,17-18,21-22,25-27H,1-2,5-6,11-12H2;(H2,1,2,3,4). The lowest BCUT2D eigenvalue weighted by molar-refractivity contribution is 0.00892.